The van der Waals surface area contributed by atoms with Crippen molar-refractivity contribution in [2.45, 2.75) is 26.4 Å². The fourth-order valence-electron chi connectivity index (χ4n) is 4.16. The number of thiazole rings is 1. The molecule has 0 aliphatic carbocycles. The Labute approximate surface area is 187 Å². The molecule has 4 aromatic rings. The van der Waals surface area contributed by atoms with Crippen molar-refractivity contribution >= 4 is 33.4 Å². The Hall–Kier alpha value is -3.59. The van der Waals surface area contributed by atoms with Crippen LogP contribution < -0.4 is 5.73 Å². The monoisotopic (exact) mass is 449 g/mol. The molecule has 2 amide bonds. The fourth-order valence-corrected chi connectivity index (χ4v) is 4.90. The van der Waals surface area contributed by atoms with E-state index in [0.717, 1.165) is 21.3 Å². The van der Waals surface area contributed by atoms with Crippen LogP contribution in [0.25, 0.3) is 21.5 Å². The van der Waals surface area contributed by atoms with E-state index in [9.17, 15) is 14.0 Å². The molecular formula is C23H20FN5O2S. The largest absolute Gasteiger partial charge is 0.365 e. The molecule has 0 fully saturated rings. The predicted molar refractivity (Wildman–Crippen MR) is 120 cm³/mol. The zero-order chi connectivity index (χ0) is 22.4. The van der Waals surface area contributed by atoms with Gasteiger partial charge in [-0.25, -0.2) is 9.37 Å². The molecule has 7 nitrogen and oxygen atoms in total. The molecule has 2 aromatic carbocycles. The summed E-state index contributed by atoms with van der Waals surface area (Å²) in [4.78, 5) is 31.3. The number of primary amides is 1. The molecule has 3 heterocycles. The average molecular weight is 450 g/mol. The van der Waals surface area contributed by atoms with E-state index >= 15 is 0 Å². The van der Waals surface area contributed by atoms with Gasteiger partial charge in [0, 0.05) is 12.1 Å². The summed E-state index contributed by atoms with van der Waals surface area (Å²) >= 11 is 1.54. The Morgan fingerprint density at radius 1 is 1.19 bits per heavy atom. The van der Waals surface area contributed by atoms with Gasteiger partial charge in [0.05, 0.1) is 46.5 Å². The number of hydrogen-bond acceptors (Lipinski definition) is 5. The number of rotatable bonds is 4. The van der Waals surface area contributed by atoms with E-state index in [-0.39, 0.29) is 24.4 Å². The van der Waals surface area contributed by atoms with E-state index < -0.39 is 11.7 Å². The van der Waals surface area contributed by atoms with Gasteiger partial charge in [-0.15, -0.1) is 11.3 Å². The Morgan fingerprint density at radius 3 is 2.81 bits per heavy atom. The van der Waals surface area contributed by atoms with Crippen molar-refractivity contribution in [3.63, 3.8) is 0 Å². The summed E-state index contributed by atoms with van der Waals surface area (Å²) in [6.07, 6.45) is 0.254. The molecule has 162 valence electrons. The summed E-state index contributed by atoms with van der Waals surface area (Å²) < 4.78 is 16.7. The molecule has 0 bridgehead atoms. The molecule has 2 N–H and O–H groups in total. The average Bonchev–Trinajstić information content (AvgIpc) is 3.36. The molecule has 0 unspecified atom stereocenters. The number of amides is 2. The summed E-state index contributed by atoms with van der Waals surface area (Å²) in [5, 5.41) is 4.54. The van der Waals surface area contributed by atoms with Gasteiger partial charge in [0.25, 0.3) is 5.91 Å². The fraction of sp³-hybridized carbons (Fsp3) is 0.217. The van der Waals surface area contributed by atoms with Crippen LogP contribution in [0.15, 0.2) is 41.9 Å². The van der Waals surface area contributed by atoms with Gasteiger partial charge in [0.15, 0.2) is 0 Å². The number of fused-ring (bicyclic) bond motifs is 2. The minimum atomic E-state index is -0.645. The van der Waals surface area contributed by atoms with Crippen molar-refractivity contribution in [1.29, 1.82) is 0 Å². The first-order valence-corrected chi connectivity index (χ1v) is 11.0. The molecule has 0 radical (unpaired) electrons. The van der Waals surface area contributed by atoms with E-state index in [1.54, 1.807) is 28.1 Å². The van der Waals surface area contributed by atoms with Gasteiger partial charge in [0.1, 0.15) is 11.5 Å². The first-order chi connectivity index (χ1) is 15.4. The third kappa shape index (κ3) is 3.64. The lowest BCUT2D eigenvalue weighted by molar-refractivity contribution is -0.132. The maximum Gasteiger partial charge on any atom is 0.252 e. The molecule has 5 rings (SSSR count). The van der Waals surface area contributed by atoms with Crippen molar-refractivity contribution in [2.24, 2.45) is 5.73 Å². The zero-order valence-corrected chi connectivity index (χ0v) is 18.2. The van der Waals surface area contributed by atoms with Gasteiger partial charge in [-0.1, -0.05) is 6.07 Å². The van der Waals surface area contributed by atoms with Crippen molar-refractivity contribution in [2.75, 3.05) is 6.54 Å². The standard InChI is InChI=1S/C23H20FN5O2S/c1-13-6-15(10-16(24)7-13)22-21(23(25)31)18-11-28(4-5-29(18)27-22)20(30)9-14-2-3-17-19(8-14)32-12-26-17/h2-3,6-8,10,12H,4-5,9,11H2,1H3,(H2,25,31). The van der Waals surface area contributed by atoms with Crippen LogP contribution in [0.3, 0.4) is 0 Å². The lowest BCUT2D eigenvalue weighted by Crippen LogP contribution is -2.40. The van der Waals surface area contributed by atoms with E-state index in [4.69, 9.17) is 5.73 Å². The number of nitrogens with zero attached hydrogens (tertiary/aromatic N) is 4. The Kier molecular flexibility index (Phi) is 4.97. The Bertz CT molecular complexity index is 1360. The number of carbonyl (C=O) groups is 2. The second kappa shape index (κ2) is 7.83. The number of aryl methyl sites for hydroxylation is 1. The molecule has 0 spiro atoms. The highest BCUT2D eigenvalue weighted by Crippen LogP contribution is 2.30. The molecule has 2 aromatic heterocycles. The molecule has 1 aliphatic heterocycles. The lowest BCUT2D eigenvalue weighted by atomic mass is 10.0. The molecule has 9 heteroatoms. The SMILES string of the molecule is Cc1cc(F)cc(-c2nn3c(c2C(N)=O)CN(C(=O)Cc2ccc4ncsc4c2)CC3)c1. The van der Waals surface area contributed by atoms with E-state index in [2.05, 4.69) is 10.1 Å². The van der Waals surface area contributed by atoms with Gasteiger partial charge in [-0.2, -0.15) is 5.10 Å². The zero-order valence-electron chi connectivity index (χ0n) is 17.3. The highest BCUT2D eigenvalue weighted by Gasteiger charge is 2.29. The maximum atomic E-state index is 14.0. The lowest BCUT2D eigenvalue weighted by Gasteiger charge is -2.28. The Balaban J connectivity index is 1.44. The first kappa shape index (κ1) is 20.3. The highest BCUT2D eigenvalue weighted by atomic mass is 32.1. The van der Waals surface area contributed by atoms with E-state index in [1.165, 1.54) is 23.5 Å². The van der Waals surface area contributed by atoms with Crippen molar-refractivity contribution in [1.82, 2.24) is 19.7 Å². The third-order valence-corrected chi connectivity index (χ3v) is 6.44. The van der Waals surface area contributed by atoms with Crippen molar-refractivity contribution in [3.8, 4) is 11.3 Å². The number of benzene rings is 2. The summed E-state index contributed by atoms with van der Waals surface area (Å²) in [5.41, 5.74) is 11.7. The molecule has 0 atom stereocenters. The van der Waals surface area contributed by atoms with Crippen LogP contribution in [0.1, 0.15) is 27.2 Å². The number of carbonyl (C=O) groups excluding carboxylic acids is 2. The quantitative estimate of drug-likeness (QED) is 0.517. The second-order valence-electron chi connectivity index (χ2n) is 7.92. The van der Waals surface area contributed by atoms with Gasteiger partial charge in [0.2, 0.25) is 5.91 Å². The van der Waals surface area contributed by atoms with Gasteiger partial charge in [-0.05, 0) is 48.4 Å². The van der Waals surface area contributed by atoms with Crippen LogP contribution in [0.2, 0.25) is 0 Å². The minimum absolute atomic E-state index is 0.0418. The van der Waals surface area contributed by atoms with Crippen LogP contribution in [0.5, 0.6) is 0 Å². The van der Waals surface area contributed by atoms with Crippen LogP contribution in [-0.4, -0.2) is 38.0 Å². The molecule has 1 aliphatic rings. The topological polar surface area (TPSA) is 94.1 Å². The number of hydrogen-bond donors (Lipinski definition) is 1. The summed E-state index contributed by atoms with van der Waals surface area (Å²) in [6, 6.07) is 10.3. The normalized spacial score (nSPS) is 13.4. The molecule has 0 saturated heterocycles. The molecule has 32 heavy (non-hydrogen) atoms. The Morgan fingerprint density at radius 2 is 2.03 bits per heavy atom. The van der Waals surface area contributed by atoms with Crippen LogP contribution in [-0.2, 0) is 24.3 Å². The van der Waals surface area contributed by atoms with E-state index in [0.29, 0.717) is 30.0 Å². The van der Waals surface area contributed by atoms with Crippen molar-refractivity contribution in [3.05, 3.63) is 70.1 Å². The van der Waals surface area contributed by atoms with Crippen LogP contribution in [0, 0.1) is 12.7 Å². The van der Waals surface area contributed by atoms with Crippen LogP contribution >= 0.6 is 11.3 Å². The predicted octanol–water partition coefficient (Wildman–Crippen LogP) is 3.29. The number of nitrogens with two attached hydrogens (primary N) is 1. The smallest absolute Gasteiger partial charge is 0.252 e. The van der Waals surface area contributed by atoms with Gasteiger partial charge in [-0.3, -0.25) is 14.3 Å². The summed E-state index contributed by atoms with van der Waals surface area (Å²) in [6.45, 7) is 2.90. The molecule has 0 saturated carbocycles. The van der Waals surface area contributed by atoms with Crippen molar-refractivity contribution < 1.29 is 14.0 Å². The number of halogens is 1. The van der Waals surface area contributed by atoms with Gasteiger partial charge < -0.3 is 10.6 Å². The maximum absolute atomic E-state index is 14.0. The minimum Gasteiger partial charge on any atom is -0.365 e. The van der Waals surface area contributed by atoms with E-state index in [1.807, 2.05) is 18.2 Å². The summed E-state index contributed by atoms with van der Waals surface area (Å²) in [7, 11) is 0. The summed E-state index contributed by atoms with van der Waals surface area (Å²) in [5.74, 6) is -1.09. The molecular weight excluding hydrogens is 429 g/mol. The van der Waals surface area contributed by atoms with Gasteiger partial charge >= 0.3 is 0 Å². The van der Waals surface area contributed by atoms with Crippen LogP contribution in [0.4, 0.5) is 4.39 Å². The first-order valence-electron chi connectivity index (χ1n) is 10.2. The number of aromatic nitrogens is 3. The second-order valence-corrected chi connectivity index (χ2v) is 8.81. The highest BCUT2D eigenvalue weighted by molar-refractivity contribution is 7.16. The third-order valence-electron chi connectivity index (χ3n) is 5.65.